The maximum Gasteiger partial charge on any atom is 0.151 e. The summed E-state index contributed by atoms with van der Waals surface area (Å²) in [5.41, 5.74) is 6.50. The van der Waals surface area contributed by atoms with Crippen molar-refractivity contribution < 1.29 is 8.42 Å². The molecule has 3 atom stereocenters. The van der Waals surface area contributed by atoms with Crippen molar-refractivity contribution >= 4 is 38.6 Å². The number of benzene rings is 1. The average Bonchev–Trinajstić information content (AvgIpc) is 2.93. The Balaban J connectivity index is 2.34. The predicted octanol–water partition coefficient (Wildman–Crippen LogP) is 1.75. The molecule has 0 saturated heterocycles. The lowest BCUT2D eigenvalue weighted by molar-refractivity contribution is 0.599. The van der Waals surface area contributed by atoms with Crippen LogP contribution in [-0.2, 0) is 9.84 Å². The van der Waals surface area contributed by atoms with Gasteiger partial charge in [-0.3, -0.25) is 0 Å². The zero-order valence-electron chi connectivity index (χ0n) is 9.13. The first-order valence-electron chi connectivity index (χ1n) is 5.06. The van der Waals surface area contributed by atoms with Gasteiger partial charge in [0, 0.05) is 23.1 Å². The van der Waals surface area contributed by atoms with Crippen molar-refractivity contribution in [3.05, 3.63) is 34.9 Å². The molecular weight excluding hydrogens is 278 g/mol. The fourth-order valence-electron chi connectivity index (χ4n) is 2.24. The van der Waals surface area contributed by atoms with E-state index in [0.29, 0.717) is 5.02 Å². The van der Waals surface area contributed by atoms with Gasteiger partial charge in [0.25, 0.3) is 0 Å². The molecule has 1 saturated carbocycles. The molecule has 1 fully saturated rings. The quantitative estimate of drug-likeness (QED) is 0.861. The second-order valence-electron chi connectivity index (χ2n) is 4.30. The summed E-state index contributed by atoms with van der Waals surface area (Å²) in [6.07, 6.45) is 1.22. The lowest BCUT2D eigenvalue weighted by Crippen LogP contribution is -2.16. The van der Waals surface area contributed by atoms with Gasteiger partial charge in [0.1, 0.15) is 0 Å². The third-order valence-electron chi connectivity index (χ3n) is 3.03. The molecule has 0 aliphatic heterocycles. The molecule has 0 unspecified atom stereocenters. The van der Waals surface area contributed by atoms with Crippen LogP contribution in [0.5, 0.6) is 0 Å². The monoisotopic (exact) mass is 289 g/mol. The van der Waals surface area contributed by atoms with Gasteiger partial charge in [0.15, 0.2) is 9.84 Å². The highest BCUT2D eigenvalue weighted by molar-refractivity contribution is 7.91. The number of hydrogen-bond acceptors (Lipinski definition) is 3. The minimum absolute atomic E-state index is 0.125. The van der Waals surface area contributed by atoms with Crippen LogP contribution in [0.15, 0.2) is 24.3 Å². The van der Waals surface area contributed by atoms with Crippen molar-refractivity contribution in [3.63, 3.8) is 0 Å². The number of halogens is 1. The lowest BCUT2D eigenvalue weighted by Gasteiger charge is -1.99. The zero-order valence-corrected chi connectivity index (χ0v) is 11.5. The largest absolute Gasteiger partial charge is 0.393 e. The molecule has 0 spiro atoms. The Bertz CT molecular complexity index is 553. The molecule has 1 aliphatic carbocycles. The molecule has 2 rings (SSSR count). The molecule has 1 aromatic carbocycles. The molecular formula is C11H12ClNO2S2. The van der Waals surface area contributed by atoms with E-state index in [0.717, 1.165) is 5.56 Å². The van der Waals surface area contributed by atoms with E-state index in [9.17, 15) is 8.42 Å². The number of sulfone groups is 1. The Hall–Kier alpha value is -0.650. The van der Waals surface area contributed by atoms with Gasteiger partial charge in [0.05, 0.1) is 10.2 Å². The number of hydrogen-bond donors (Lipinski definition) is 1. The van der Waals surface area contributed by atoms with Gasteiger partial charge in [0.2, 0.25) is 0 Å². The Kier molecular flexibility index (Phi) is 3.18. The van der Waals surface area contributed by atoms with Crippen molar-refractivity contribution in [1.29, 1.82) is 0 Å². The highest BCUT2D eigenvalue weighted by Crippen LogP contribution is 2.52. The first kappa shape index (κ1) is 12.8. The van der Waals surface area contributed by atoms with Crippen LogP contribution in [0.4, 0.5) is 0 Å². The molecule has 0 amide bonds. The highest BCUT2D eigenvalue weighted by Gasteiger charge is 2.58. The summed E-state index contributed by atoms with van der Waals surface area (Å²) < 4.78 is 23.2. The third-order valence-corrected chi connectivity index (χ3v) is 5.13. The van der Waals surface area contributed by atoms with Crippen molar-refractivity contribution in [2.45, 2.75) is 11.2 Å². The van der Waals surface area contributed by atoms with Crippen LogP contribution in [0.2, 0.25) is 5.02 Å². The van der Waals surface area contributed by atoms with Gasteiger partial charge in [-0.2, -0.15) is 0 Å². The van der Waals surface area contributed by atoms with Gasteiger partial charge < -0.3 is 5.73 Å². The van der Waals surface area contributed by atoms with Crippen LogP contribution in [-0.4, -0.2) is 24.9 Å². The highest BCUT2D eigenvalue weighted by atomic mass is 35.5. The van der Waals surface area contributed by atoms with E-state index in [1.54, 1.807) is 12.1 Å². The fourth-order valence-corrected chi connectivity index (χ4v) is 4.36. The average molecular weight is 290 g/mol. The third kappa shape index (κ3) is 2.46. The second kappa shape index (κ2) is 4.23. The Labute approximate surface area is 111 Å². The van der Waals surface area contributed by atoms with E-state index in [4.69, 9.17) is 29.6 Å². The zero-order chi connectivity index (χ0) is 12.8. The maximum absolute atomic E-state index is 11.6. The van der Waals surface area contributed by atoms with Crippen LogP contribution in [0.3, 0.4) is 0 Å². The van der Waals surface area contributed by atoms with Crippen molar-refractivity contribution in [3.8, 4) is 0 Å². The number of thiocarbonyl (C=S) groups is 1. The van der Waals surface area contributed by atoms with Gasteiger partial charge in [-0.05, 0) is 17.7 Å². The summed E-state index contributed by atoms with van der Waals surface area (Å²) in [7, 11) is -3.13. The standard InChI is InChI=1S/C11H12ClNO2S2/c1-17(14,15)10-8(9(10)11(13)16)6-2-4-7(12)5-3-6/h2-5,8-10H,1H3,(H2,13,16)/t8-,9-,10-/m0/s1. The Morgan fingerprint density at radius 2 is 1.88 bits per heavy atom. The van der Waals surface area contributed by atoms with E-state index in [1.165, 1.54) is 6.26 Å². The summed E-state index contributed by atoms with van der Waals surface area (Å²) in [6, 6.07) is 7.13. The summed E-state index contributed by atoms with van der Waals surface area (Å²) in [6.45, 7) is 0. The summed E-state index contributed by atoms with van der Waals surface area (Å²) >= 11 is 10.7. The fraction of sp³-hybridized carbons (Fsp3) is 0.364. The lowest BCUT2D eigenvalue weighted by atomic mass is 10.1. The SMILES string of the molecule is CS(=O)(=O)[C@@H]1[C@@H](C(N)=S)[C@@H]1c1ccc(Cl)cc1. The molecule has 2 N–H and O–H groups in total. The summed E-state index contributed by atoms with van der Waals surface area (Å²) in [4.78, 5) is 0.264. The van der Waals surface area contributed by atoms with E-state index in [-0.39, 0.29) is 16.8 Å². The van der Waals surface area contributed by atoms with Crippen LogP contribution in [0, 0.1) is 5.92 Å². The van der Waals surface area contributed by atoms with E-state index in [2.05, 4.69) is 0 Å². The minimum Gasteiger partial charge on any atom is -0.393 e. The molecule has 6 heteroatoms. The van der Waals surface area contributed by atoms with Crippen molar-refractivity contribution in [2.75, 3.05) is 6.26 Å². The number of nitrogens with two attached hydrogens (primary N) is 1. The Morgan fingerprint density at radius 3 is 2.24 bits per heavy atom. The predicted molar refractivity (Wildman–Crippen MR) is 73.1 cm³/mol. The van der Waals surface area contributed by atoms with Crippen LogP contribution in [0.1, 0.15) is 11.5 Å². The molecule has 0 aromatic heterocycles. The first-order chi connectivity index (χ1) is 7.82. The maximum atomic E-state index is 11.6. The summed E-state index contributed by atoms with van der Waals surface area (Å²) in [5, 5.41) is 0.137. The molecule has 0 radical (unpaired) electrons. The van der Waals surface area contributed by atoms with Crippen molar-refractivity contribution in [2.24, 2.45) is 11.7 Å². The van der Waals surface area contributed by atoms with E-state index in [1.807, 2.05) is 12.1 Å². The first-order valence-corrected chi connectivity index (χ1v) is 7.80. The number of rotatable bonds is 3. The van der Waals surface area contributed by atoms with Crippen LogP contribution in [0.25, 0.3) is 0 Å². The van der Waals surface area contributed by atoms with Crippen molar-refractivity contribution in [1.82, 2.24) is 0 Å². The molecule has 1 aliphatic rings. The normalized spacial score (nSPS) is 27.8. The summed E-state index contributed by atoms with van der Waals surface area (Å²) in [5.74, 6) is -0.374. The van der Waals surface area contributed by atoms with Gasteiger partial charge >= 0.3 is 0 Å². The van der Waals surface area contributed by atoms with Gasteiger partial charge in [-0.1, -0.05) is 36.0 Å². The Morgan fingerprint density at radius 1 is 1.35 bits per heavy atom. The molecule has 0 heterocycles. The minimum atomic E-state index is -3.13. The topological polar surface area (TPSA) is 60.2 Å². The van der Waals surface area contributed by atoms with Crippen LogP contribution < -0.4 is 5.73 Å². The molecule has 17 heavy (non-hydrogen) atoms. The van der Waals surface area contributed by atoms with Crippen LogP contribution >= 0.6 is 23.8 Å². The smallest absolute Gasteiger partial charge is 0.151 e. The second-order valence-corrected chi connectivity index (χ2v) is 7.41. The molecule has 3 nitrogen and oxygen atoms in total. The van der Waals surface area contributed by atoms with Gasteiger partial charge in [-0.25, -0.2) is 8.42 Å². The molecule has 1 aromatic rings. The van der Waals surface area contributed by atoms with E-state index >= 15 is 0 Å². The molecule has 0 bridgehead atoms. The van der Waals surface area contributed by atoms with Gasteiger partial charge in [-0.15, -0.1) is 0 Å². The molecule has 92 valence electrons. The van der Waals surface area contributed by atoms with E-state index < -0.39 is 15.1 Å².